The summed E-state index contributed by atoms with van der Waals surface area (Å²) in [5.74, 6) is 0.218. The van der Waals surface area contributed by atoms with Crippen molar-refractivity contribution in [3.8, 4) is 0 Å². The second kappa shape index (κ2) is 7.55. The van der Waals surface area contributed by atoms with Gasteiger partial charge in [-0.2, -0.15) is 0 Å². The Morgan fingerprint density at radius 3 is 2.12 bits per heavy atom. The van der Waals surface area contributed by atoms with E-state index in [1.54, 1.807) is 12.1 Å². The first-order valence-electron chi connectivity index (χ1n) is 8.23. The Bertz CT molecular complexity index is 674. The summed E-state index contributed by atoms with van der Waals surface area (Å²) in [4.78, 5) is 10.3. The smallest absolute Gasteiger partial charge is 0.269 e. The summed E-state index contributed by atoms with van der Waals surface area (Å²) < 4.78 is 11.6. The minimum absolute atomic E-state index is 0.0691. The van der Waals surface area contributed by atoms with E-state index in [2.05, 4.69) is 31.2 Å². The minimum atomic E-state index is -0.457. The third-order valence-electron chi connectivity index (χ3n) is 4.26. The van der Waals surface area contributed by atoms with Gasteiger partial charge in [-0.05, 0) is 29.7 Å². The van der Waals surface area contributed by atoms with Crippen LogP contribution in [0.25, 0.3) is 0 Å². The van der Waals surface area contributed by atoms with Crippen molar-refractivity contribution in [1.29, 1.82) is 0 Å². The standard InChI is InChI=1S/C19H21NO4/c1-2-3-14-4-6-15(7-5-14)17-12-23-19(24-13-17)16-8-10-18(11-9-16)20(21)22/h4-11,17,19H,2-3,12-13H2,1H3. The first-order chi connectivity index (χ1) is 11.7. The maximum absolute atomic E-state index is 10.7. The molecule has 1 aliphatic heterocycles. The first kappa shape index (κ1) is 16.6. The first-order valence-corrected chi connectivity index (χ1v) is 8.23. The van der Waals surface area contributed by atoms with E-state index >= 15 is 0 Å². The SMILES string of the molecule is CCCc1ccc(C2COC(c3ccc([N+](=O)[O-])cc3)OC2)cc1. The Balaban J connectivity index is 1.59. The van der Waals surface area contributed by atoms with Gasteiger partial charge in [-0.1, -0.05) is 37.6 Å². The third-order valence-corrected chi connectivity index (χ3v) is 4.26. The molecular formula is C19H21NO4. The average molecular weight is 327 g/mol. The van der Waals surface area contributed by atoms with Gasteiger partial charge in [0.25, 0.3) is 5.69 Å². The maximum atomic E-state index is 10.7. The molecule has 0 bridgehead atoms. The van der Waals surface area contributed by atoms with Gasteiger partial charge in [0.05, 0.1) is 18.1 Å². The second-order valence-corrected chi connectivity index (χ2v) is 6.04. The van der Waals surface area contributed by atoms with Crippen LogP contribution < -0.4 is 0 Å². The van der Waals surface area contributed by atoms with E-state index in [1.807, 2.05) is 0 Å². The number of aryl methyl sites for hydroxylation is 1. The topological polar surface area (TPSA) is 61.6 Å². The number of hydrogen-bond donors (Lipinski definition) is 0. The van der Waals surface area contributed by atoms with E-state index in [-0.39, 0.29) is 11.6 Å². The molecule has 5 nitrogen and oxygen atoms in total. The predicted octanol–water partition coefficient (Wildman–Crippen LogP) is 4.38. The van der Waals surface area contributed by atoms with Crippen LogP contribution in [0.3, 0.4) is 0 Å². The van der Waals surface area contributed by atoms with Gasteiger partial charge in [-0.3, -0.25) is 10.1 Å². The zero-order chi connectivity index (χ0) is 16.9. The van der Waals surface area contributed by atoms with Crippen LogP contribution in [0.4, 0.5) is 5.69 Å². The Morgan fingerprint density at radius 1 is 1.00 bits per heavy atom. The fraction of sp³-hybridized carbons (Fsp3) is 0.368. The lowest BCUT2D eigenvalue weighted by Crippen LogP contribution is -2.25. The molecule has 1 aliphatic rings. The molecule has 5 heteroatoms. The highest BCUT2D eigenvalue weighted by molar-refractivity contribution is 5.33. The fourth-order valence-electron chi connectivity index (χ4n) is 2.89. The lowest BCUT2D eigenvalue weighted by molar-refractivity contribution is -0.384. The van der Waals surface area contributed by atoms with Gasteiger partial charge in [0.1, 0.15) is 0 Å². The van der Waals surface area contributed by atoms with Crippen molar-refractivity contribution >= 4 is 5.69 Å². The van der Waals surface area contributed by atoms with Gasteiger partial charge in [0, 0.05) is 23.6 Å². The number of benzene rings is 2. The molecule has 0 N–H and O–H groups in total. The highest BCUT2D eigenvalue weighted by atomic mass is 16.7. The molecule has 0 spiro atoms. The van der Waals surface area contributed by atoms with Gasteiger partial charge >= 0.3 is 0 Å². The highest BCUT2D eigenvalue weighted by Crippen LogP contribution is 2.30. The summed E-state index contributed by atoms with van der Waals surface area (Å²) in [6.07, 6.45) is 1.79. The predicted molar refractivity (Wildman–Crippen MR) is 90.9 cm³/mol. The third kappa shape index (κ3) is 3.80. The monoisotopic (exact) mass is 327 g/mol. The molecule has 1 fully saturated rings. The van der Waals surface area contributed by atoms with Crippen molar-refractivity contribution in [2.24, 2.45) is 0 Å². The maximum Gasteiger partial charge on any atom is 0.269 e. The molecule has 0 unspecified atom stereocenters. The Labute approximate surface area is 141 Å². The van der Waals surface area contributed by atoms with E-state index in [4.69, 9.17) is 9.47 Å². The molecule has 0 radical (unpaired) electrons. The zero-order valence-corrected chi connectivity index (χ0v) is 13.7. The molecular weight excluding hydrogens is 306 g/mol. The van der Waals surface area contributed by atoms with Crippen molar-refractivity contribution in [1.82, 2.24) is 0 Å². The normalized spacial score (nSPS) is 20.7. The van der Waals surface area contributed by atoms with Crippen molar-refractivity contribution in [3.63, 3.8) is 0 Å². The Hall–Kier alpha value is -2.24. The molecule has 3 rings (SSSR count). The van der Waals surface area contributed by atoms with Crippen molar-refractivity contribution < 1.29 is 14.4 Å². The van der Waals surface area contributed by atoms with E-state index in [1.165, 1.54) is 23.3 Å². The van der Waals surface area contributed by atoms with Gasteiger partial charge in [0.15, 0.2) is 6.29 Å². The second-order valence-electron chi connectivity index (χ2n) is 6.04. The summed E-state index contributed by atoms with van der Waals surface area (Å²) in [7, 11) is 0. The summed E-state index contributed by atoms with van der Waals surface area (Å²) in [6.45, 7) is 3.33. The Kier molecular flexibility index (Phi) is 5.23. The van der Waals surface area contributed by atoms with Crippen LogP contribution in [0.5, 0.6) is 0 Å². The molecule has 0 saturated carbocycles. The fourth-order valence-corrected chi connectivity index (χ4v) is 2.89. The molecule has 0 aromatic heterocycles. The highest BCUT2D eigenvalue weighted by Gasteiger charge is 2.25. The number of rotatable bonds is 5. The molecule has 24 heavy (non-hydrogen) atoms. The lowest BCUT2D eigenvalue weighted by Gasteiger charge is -2.30. The number of ether oxygens (including phenoxy) is 2. The van der Waals surface area contributed by atoms with Gasteiger partial charge in [0.2, 0.25) is 0 Å². The van der Waals surface area contributed by atoms with Gasteiger partial charge in [-0.25, -0.2) is 0 Å². The number of nitro benzene ring substituents is 1. The van der Waals surface area contributed by atoms with Crippen LogP contribution in [0.1, 0.15) is 42.2 Å². The van der Waals surface area contributed by atoms with Crippen LogP contribution in [-0.4, -0.2) is 18.1 Å². The van der Waals surface area contributed by atoms with Gasteiger partial charge < -0.3 is 9.47 Å². The lowest BCUT2D eigenvalue weighted by atomic mass is 9.98. The largest absolute Gasteiger partial charge is 0.348 e. The van der Waals surface area contributed by atoms with Crippen molar-refractivity contribution in [2.75, 3.05) is 13.2 Å². The molecule has 2 aromatic carbocycles. The minimum Gasteiger partial charge on any atom is -0.348 e. The molecule has 2 aromatic rings. The average Bonchev–Trinajstić information content (AvgIpc) is 2.63. The van der Waals surface area contributed by atoms with Crippen LogP contribution in [0, 0.1) is 10.1 Å². The Morgan fingerprint density at radius 2 is 1.58 bits per heavy atom. The van der Waals surface area contributed by atoms with E-state index < -0.39 is 11.2 Å². The summed E-state index contributed by atoms with van der Waals surface area (Å²) in [5.41, 5.74) is 3.44. The molecule has 1 heterocycles. The number of nitro groups is 1. The van der Waals surface area contributed by atoms with Crippen molar-refractivity contribution in [2.45, 2.75) is 32.0 Å². The van der Waals surface area contributed by atoms with E-state index in [0.717, 1.165) is 18.4 Å². The summed E-state index contributed by atoms with van der Waals surface area (Å²) in [6, 6.07) is 14.9. The van der Waals surface area contributed by atoms with Crippen molar-refractivity contribution in [3.05, 3.63) is 75.3 Å². The van der Waals surface area contributed by atoms with Crippen LogP contribution >= 0.6 is 0 Å². The molecule has 0 atom stereocenters. The number of hydrogen-bond acceptors (Lipinski definition) is 4. The molecule has 0 aliphatic carbocycles. The quantitative estimate of drug-likeness (QED) is 0.604. The van der Waals surface area contributed by atoms with E-state index in [9.17, 15) is 10.1 Å². The van der Waals surface area contributed by atoms with Gasteiger partial charge in [-0.15, -0.1) is 0 Å². The molecule has 126 valence electrons. The van der Waals surface area contributed by atoms with Crippen LogP contribution in [0.2, 0.25) is 0 Å². The molecule has 1 saturated heterocycles. The number of nitrogens with zero attached hydrogens (tertiary/aromatic N) is 1. The zero-order valence-electron chi connectivity index (χ0n) is 13.7. The summed E-state index contributed by atoms with van der Waals surface area (Å²) >= 11 is 0. The number of non-ortho nitro benzene ring substituents is 1. The summed E-state index contributed by atoms with van der Waals surface area (Å²) in [5, 5.41) is 10.7. The van der Waals surface area contributed by atoms with Crippen LogP contribution in [0.15, 0.2) is 48.5 Å². The van der Waals surface area contributed by atoms with Crippen LogP contribution in [-0.2, 0) is 15.9 Å². The molecule has 0 amide bonds. The van der Waals surface area contributed by atoms with E-state index in [0.29, 0.717) is 13.2 Å².